The fourth-order valence-electron chi connectivity index (χ4n) is 2.25. The minimum Gasteiger partial charge on any atom is -0.822 e. The Bertz CT molecular complexity index is 223. The van der Waals surface area contributed by atoms with Crippen LogP contribution >= 0.6 is 31.6 Å². The van der Waals surface area contributed by atoms with Crippen LogP contribution in [0.3, 0.4) is 0 Å². The van der Waals surface area contributed by atoms with E-state index >= 15 is 0 Å². The normalized spacial score (nSPS) is 10.6. The van der Waals surface area contributed by atoms with E-state index in [0.29, 0.717) is 0 Å². The monoisotopic (exact) mass is 452 g/mol. The number of rotatable bonds is 9. The lowest BCUT2D eigenvalue weighted by atomic mass is 10.9. The second kappa shape index (κ2) is 26.4. The molecule has 0 heterocycles. The van der Waals surface area contributed by atoms with Gasteiger partial charge in [0.15, 0.2) is 0 Å². The summed E-state index contributed by atoms with van der Waals surface area (Å²) in [4.78, 5) is 25.6. The third-order valence-corrected chi connectivity index (χ3v) is 13.5. The lowest BCUT2D eigenvalue weighted by Gasteiger charge is -2.36. The number of hydrogen-bond donors (Lipinski definition) is 0. The third kappa shape index (κ3) is 40.2. The summed E-state index contributed by atoms with van der Waals surface area (Å²) in [5.74, 6) is 0. The Balaban J connectivity index is -0.000000125. The van der Waals surface area contributed by atoms with Crippen LogP contribution in [0.25, 0.3) is 0 Å². The van der Waals surface area contributed by atoms with Gasteiger partial charge in [-0.2, -0.15) is 7.82 Å². The highest BCUT2D eigenvalue weighted by atomic mass is 31.2. The maximum atomic E-state index is 8.55. The van der Waals surface area contributed by atoms with E-state index in [4.69, 9.17) is 19.2 Å². The molecule has 4 nitrogen and oxygen atoms in total. The molecule has 0 fully saturated rings. The molecule has 0 radical (unpaired) electrons. The first kappa shape index (κ1) is 34.9. The van der Waals surface area contributed by atoms with Crippen molar-refractivity contribution in [2.75, 3.05) is 55.5 Å². The molecule has 0 bridgehead atoms. The summed E-state index contributed by atoms with van der Waals surface area (Å²) < 4.78 is 8.55. The van der Waals surface area contributed by atoms with E-state index in [1.54, 1.807) is 0 Å². The lowest BCUT2D eigenvalue weighted by molar-refractivity contribution is -0.432. The van der Waals surface area contributed by atoms with Crippen molar-refractivity contribution < 1.29 is 19.2 Å². The molecule has 164 valence electrons. The van der Waals surface area contributed by atoms with Crippen molar-refractivity contribution >= 4 is 31.6 Å². The van der Waals surface area contributed by atoms with Gasteiger partial charge in [0.2, 0.25) is 0 Å². The van der Waals surface area contributed by atoms with Gasteiger partial charge in [0.1, 0.15) is 0 Å². The van der Waals surface area contributed by atoms with Crippen molar-refractivity contribution in [3.05, 3.63) is 0 Å². The predicted molar refractivity (Wildman–Crippen MR) is 127 cm³/mol. The van der Waals surface area contributed by atoms with E-state index < -0.39 is 7.82 Å². The minimum atomic E-state index is -5.39. The van der Waals surface area contributed by atoms with E-state index in [0.717, 1.165) is 0 Å². The molecule has 0 saturated carbocycles. The standard InChI is InChI=1S/3C6H15P.H3O4P/c3*1-4-7(5-2)6-3;1-5(2,3)4/h3*4-6H2,1-3H3;(H3,1,2,3,4). The van der Waals surface area contributed by atoms with E-state index in [-0.39, 0.29) is 23.8 Å². The average molecular weight is 452 g/mol. The fourth-order valence-corrected chi connectivity index (χ4v) is 6.75. The van der Waals surface area contributed by atoms with Gasteiger partial charge in [-0.25, -0.2) is 0 Å². The second-order valence-corrected chi connectivity index (χ2v) is 17.6. The first-order valence-electron chi connectivity index (χ1n) is 10.3. The van der Waals surface area contributed by atoms with Crippen molar-refractivity contribution in [3.8, 4) is 0 Å². The van der Waals surface area contributed by atoms with Gasteiger partial charge in [-0.3, -0.25) is 0 Å². The summed E-state index contributed by atoms with van der Waals surface area (Å²) in [5.41, 5.74) is 0. The van der Waals surface area contributed by atoms with Crippen LogP contribution < -0.4 is 14.7 Å². The van der Waals surface area contributed by atoms with Crippen molar-refractivity contribution in [2.45, 2.75) is 62.3 Å². The molecule has 0 aliphatic carbocycles. The van der Waals surface area contributed by atoms with Gasteiger partial charge in [-0.1, -0.05) is 0 Å². The Morgan fingerprint density at radius 2 is 0.538 bits per heavy atom. The van der Waals surface area contributed by atoms with Crippen LogP contribution in [0.15, 0.2) is 0 Å². The highest BCUT2D eigenvalue weighted by Crippen LogP contribution is 2.33. The lowest BCUT2D eigenvalue weighted by Crippen LogP contribution is -2.24. The maximum Gasteiger partial charge on any atom is 0.0543 e. The summed E-state index contributed by atoms with van der Waals surface area (Å²) in [6, 6.07) is 0. The molecule has 0 aliphatic rings. The maximum absolute atomic E-state index is 8.55. The van der Waals surface area contributed by atoms with Crippen molar-refractivity contribution in [1.29, 1.82) is 0 Å². The van der Waals surface area contributed by atoms with E-state index in [1.165, 1.54) is 55.5 Å². The number of hydrogen-bond acceptors (Lipinski definition) is 4. The van der Waals surface area contributed by atoms with Crippen LogP contribution in [0.1, 0.15) is 62.3 Å². The van der Waals surface area contributed by atoms with Gasteiger partial charge in [-0.05, 0) is 86.1 Å². The molecular weight excluding hydrogens is 404 g/mol. The van der Waals surface area contributed by atoms with Gasteiger partial charge in [0.05, 0.1) is 55.5 Å². The first-order valence-corrected chi connectivity index (χ1v) is 18.1. The zero-order chi connectivity index (χ0) is 21.6. The molecule has 0 aromatic rings. The predicted octanol–water partition coefficient (Wildman–Crippen LogP) is 3.96. The molecule has 0 N–H and O–H groups in total. The molecular formula is C18H48O4P4. The average Bonchev–Trinajstić information content (AvgIpc) is 2.59. The zero-order valence-corrected chi connectivity index (χ0v) is 22.8. The summed E-state index contributed by atoms with van der Waals surface area (Å²) in [7, 11) is -4.98. The van der Waals surface area contributed by atoms with Crippen molar-refractivity contribution in [2.24, 2.45) is 0 Å². The van der Waals surface area contributed by atoms with Crippen molar-refractivity contribution in [3.63, 3.8) is 0 Å². The van der Waals surface area contributed by atoms with Crippen LogP contribution in [-0.2, 0) is 4.57 Å². The molecule has 0 unspecified atom stereocenters. The molecule has 0 saturated heterocycles. The Kier molecular flexibility index (Phi) is 35.4. The second-order valence-electron chi connectivity index (χ2n) is 5.88. The molecule has 0 aromatic heterocycles. The summed E-state index contributed by atoms with van der Waals surface area (Å²) in [5, 5.41) is 0. The molecule has 8 heteroatoms. The van der Waals surface area contributed by atoms with Crippen LogP contribution in [0.5, 0.6) is 0 Å². The van der Waals surface area contributed by atoms with Gasteiger partial charge >= 0.3 is 0 Å². The quantitative estimate of drug-likeness (QED) is 0.496. The van der Waals surface area contributed by atoms with Crippen LogP contribution in [0.2, 0.25) is 0 Å². The summed E-state index contributed by atoms with van der Waals surface area (Å²) in [6.45, 7) is 20.8. The molecule has 0 spiro atoms. The highest BCUT2D eigenvalue weighted by molar-refractivity contribution is 7.58. The summed E-state index contributed by atoms with van der Waals surface area (Å²) in [6.07, 6.45) is 13.1. The van der Waals surface area contributed by atoms with E-state index in [1.807, 2.05) is 0 Å². The molecule has 0 amide bonds. The number of phosphoric acid groups is 1. The SMILES string of the molecule is CC[PH+](CC)CC.CC[PH+](CC)CC.CC[PH+](CC)CC.O=P([O-])([O-])[O-]. The third-order valence-electron chi connectivity index (χ3n) is 4.50. The molecule has 26 heavy (non-hydrogen) atoms. The Labute approximate surface area is 168 Å². The largest absolute Gasteiger partial charge is 0.822 e. The van der Waals surface area contributed by atoms with Gasteiger partial charge in [-0.15, -0.1) is 0 Å². The van der Waals surface area contributed by atoms with Crippen LogP contribution in [0.4, 0.5) is 0 Å². The minimum absolute atomic E-state index is 0.137. The Morgan fingerprint density at radius 3 is 0.538 bits per heavy atom. The zero-order valence-electron chi connectivity index (χ0n) is 18.9. The molecule has 0 rings (SSSR count). The fraction of sp³-hybridized carbons (Fsp3) is 1.00. The molecule has 0 aliphatic heterocycles. The van der Waals surface area contributed by atoms with Crippen LogP contribution in [-0.4, -0.2) is 55.5 Å². The van der Waals surface area contributed by atoms with E-state index in [9.17, 15) is 0 Å². The molecule has 0 atom stereocenters. The topological polar surface area (TPSA) is 86.2 Å². The highest BCUT2D eigenvalue weighted by Gasteiger charge is 2.04. The van der Waals surface area contributed by atoms with E-state index in [2.05, 4.69) is 62.3 Å². The first-order chi connectivity index (χ1) is 12.0. The van der Waals surface area contributed by atoms with Crippen LogP contribution in [0, 0.1) is 0 Å². The van der Waals surface area contributed by atoms with Gasteiger partial charge in [0, 0.05) is 0 Å². The molecule has 0 aromatic carbocycles. The van der Waals surface area contributed by atoms with Gasteiger partial charge in [0.25, 0.3) is 0 Å². The summed E-state index contributed by atoms with van der Waals surface area (Å²) >= 11 is 0. The van der Waals surface area contributed by atoms with Crippen molar-refractivity contribution in [1.82, 2.24) is 0 Å². The smallest absolute Gasteiger partial charge is 0.0543 e. The Hall–Kier alpha value is 1.40. The van der Waals surface area contributed by atoms with Gasteiger partial charge < -0.3 is 19.2 Å². The Morgan fingerprint density at radius 1 is 0.462 bits per heavy atom.